The number of aliphatic imine (C=N–C) groups is 1. The number of carboxylic acid groups (broad SMARTS) is 1. The van der Waals surface area contributed by atoms with Crippen molar-refractivity contribution in [3.63, 3.8) is 0 Å². The maximum atomic E-state index is 13.0. The van der Waals surface area contributed by atoms with E-state index in [0.717, 1.165) is 5.56 Å². The van der Waals surface area contributed by atoms with Gasteiger partial charge in [-0.1, -0.05) is 48.5 Å². The second-order valence-electron chi connectivity index (χ2n) is 7.23. The third-order valence-electron chi connectivity index (χ3n) is 5.19. The van der Waals surface area contributed by atoms with Crippen LogP contribution in [0.2, 0.25) is 0 Å². The number of aliphatic carboxylic acids is 1. The van der Waals surface area contributed by atoms with Gasteiger partial charge in [-0.05, 0) is 43.2 Å². The minimum Gasteiger partial charge on any atom is -0.497 e. The van der Waals surface area contributed by atoms with Crippen molar-refractivity contribution < 1.29 is 24.2 Å². The summed E-state index contributed by atoms with van der Waals surface area (Å²) in [7, 11) is 1.54. The number of carbonyl (C=O) groups is 2. The summed E-state index contributed by atoms with van der Waals surface area (Å²) in [6.07, 6.45) is 3.60. The number of carboxylic acids is 1. The van der Waals surface area contributed by atoms with Gasteiger partial charge in [0.15, 0.2) is 0 Å². The van der Waals surface area contributed by atoms with E-state index in [4.69, 9.17) is 9.47 Å². The van der Waals surface area contributed by atoms with Crippen LogP contribution in [0.15, 0.2) is 76.9 Å². The van der Waals surface area contributed by atoms with Crippen LogP contribution in [0.3, 0.4) is 0 Å². The number of carbonyl (C=O) groups excluding carboxylic acids is 1. The van der Waals surface area contributed by atoms with E-state index in [9.17, 15) is 14.7 Å². The fourth-order valence-electron chi connectivity index (χ4n) is 3.77. The van der Waals surface area contributed by atoms with Crippen molar-refractivity contribution >= 4 is 23.7 Å². The SMILES string of the molecule is COc1cccc(C2C(C(=O)OCC=Cc3ccccc3)=C(C)N=C(C)C2C(=O)O)c1. The van der Waals surface area contributed by atoms with Crippen molar-refractivity contribution in [1.29, 1.82) is 0 Å². The van der Waals surface area contributed by atoms with Crippen LogP contribution in [0.4, 0.5) is 0 Å². The number of hydrogen-bond acceptors (Lipinski definition) is 5. The van der Waals surface area contributed by atoms with Crippen LogP contribution >= 0.6 is 0 Å². The molecule has 2 aromatic rings. The summed E-state index contributed by atoms with van der Waals surface area (Å²) in [6.45, 7) is 3.43. The van der Waals surface area contributed by atoms with Crippen LogP contribution in [0.25, 0.3) is 6.08 Å². The van der Waals surface area contributed by atoms with Gasteiger partial charge in [0.2, 0.25) is 0 Å². The quantitative estimate of drug-likeness (QED) is 0.669. The molecule has 3 rings (SSSR count). The number of nitrogens with zero attached hydrogens (tertiary/aromatic N) is 1. The standard InChI is InChI=1S/C25H25NO5/c1-16-21(24(27)28)23(19-12-7-13-20(15-19)30-3)22(17(2)26-16)25(29)31-14-8-11-18-9-5-4-6-10-18/h4-13,15,21,23H,14H2,1-3H3,(H,27,28). The number of allylic oxidation sites excluding steroid dienone is 1. The molecule has 0 aromatic heterocycles. The number of rotatable bonds is 7. The van der Waals surface area contributed by atoms with E-state index >= 15 is 0 Å². The first-order chi connectivity index (χ1) is 14.9. The van der Waals surface area contributed by atoms with Gasteiger partial charge < -0.3 is 14.6 Å². The van der Waals surface area contributed by atoms with Gasteiger partial charge in [-0.2, -0.15) is 0 Å². The highest BCUT2D eigenvalue weighted by Gasteiger charge is 2.41. The van der Waals surface area contributed by atoms with Crippen molar-refractivity contribution in [2.75, 3.05) is 13.7 Å². The van der Waals surface area contributed by atoms with Crippen molar-refractivity contribution in [3.8, 4) is 5.75 Å². The Kier molecular flexibility index (Phi) is 7.03. The Morgan fingerprint density at radius 2 is 1.84 bits per heavy atom. The van der Waals surface area contributed by atoms with Crippen LogP contribution in [0.1, 0.15) is 30.9 Å². The third-order valence-corrected chi connectivity index (χ3v) is 5.19. The monoisotopic (exact) mass is 419 g/mol. The zero-order chi connectivity index (χ0) is 22.4. The molecular weight excluding hydrogens is 394 g/mol. The molecule has 2 unspecified atom stereocenters. The first-order valence-corrected chi connectivity index (χ1v) is 9.93. The molecule has 0 bridgehead atoms. The van der Waals surface area contributed by atoms with Gasteiger partial charge in [0.1, 0.15) is 18.3 Å². The van der Waals surface area contributed by atoms with E-state index in [2.05, 4.69) is 4.99 Å². The lowest BCUT2D eigenvalue weighted by Gasteiger charge is -2.30. The number of methoxy groups -OCH3 is 1. The average Bonchev–Trinajstić information content (AvgIpc) is 2.76. The van der Waals surface area contributed by atoms with Crippen LogP contribution in [0, 0.1) is 5.92 Å². The van der Waals surface area contributed by atoms with Gasteiger partial charge in [0.25, 0.3) is 0 Å². The summed E-state index contributed by atoms with van der Waals surface area (Å²) < 4.78 is 10.8. The molecule has 1 aliphatic rings. The summed E-state index contributed by atoms with van der Waals surface area (Å²) in [5.74, 6) is -2.74. The second-order valence-corrected chi connectivity index (χ2v) is 7.23. The summed E-state index contributed by atoms with van der Waals surface area (Å²) in [5, 5.41) is 9.89. The molecule has 0 saturated carbocycles. The molecule has 1 heterocycles. The lowest BCUT2D eigenvalue weighted by molar-refractivity contribution is -0.140. The fraction of sp³-hybridized carbons (Fsp3) is 0.240. The van der Waals surface area contributed by atoms with Crippen LogP contribution in [-0.2, 0) is 14.3 Å². The molecule has 6 heteroatoms. The Labute approximate surface area is 181 Å². The maximum absolute atomic E-state index is 13.0. The first-order valence-electron chi connectivity index (χ1n) is 9.93. The molecular formula is C25H25NO5. The van der Waals surface area contributed by atoms with E-state index in [-0.39, 0.29) is 12.2 Å². The molecule has 1 aliphatic heterocycles. The lowest BCUT2D eigenvalue weighted by atomic mass is 9.75. The molecule has 6 nitrogen and oxygen atoms in total. The van der Waals surface area contributed by atoms with Gasteiger partial charge in [0, 0.05) is 17.3 Å². The molecule has 0 fully saturated rings. The number of hydrogen-bond donors (Lipinski definition) is 1. The van der Waals surface area contributed by atoms with E-state index in [1.54, 1.807) is 44.2 Å². The molecule has 0 spiro atoms. The van der Waals surface area contributed by atoms with Gasteiger partial charge in [-0.15, -0.1) is 0 Å². The summed E-state index contributed by atoms with van der Waals surface area (Å²) in [4.78, 5) is 29.5. The summed E-state index contributed by atoms with van der Waals surface area (Å²) in [6, 6.07) is 16.7. The van der Waals surface area contributed by atoms with Crippen molar-refractivity contribution in [3.05, 3.63) is 83.1 Å². The highest BCUT2D eigenvalue weighted by Crippen LogP contribution is 2.40. The average molecular weight is 419 g/mol. The fourth-order valence-corrected chi connectivity index (χ4v) is 3.77. The maximum Gasteiger partial charge on any atom is 0.336 e. The molecule has 2 aromatic carbocycles. The zero-order valence-corrected chi connectivity index (χ0v) is 17.7. The summed E-state index contributed by atoms with van der Waals surface area (Å²) in [5.41, 5.74) is 2.80. The van der Waals surface area contributed by atoms with Crippen molar-refractivity contribution in [2.24, 2.45) is 10.9 Å². The van der Waals surface area contributed by atoms with Crippen molar-refractivity contribution in [1.82, 2.24) is 0 Å². The van der Waals surface area contributed by atoms with Gasteiger partial charge >= 0.3 is 11.9 Å². The minimum absolute atomic E-state index is 0.0653. The van der Waals surface area contributed by atoms with Gasteiger partial charge in [-0.25, -0.2) is 4.79 Å². The Balaban J connectivity index is 1.90. The van der Waals surface area contributed by atoms with E-state index in [0.29, 0.717) is 22.7 Å². The lowest BCUT2D eigenvalue weighted by Crippen LogP contribution is -2.35. The molecule has 0 saturated heterocycles. The topological polar surface area (TPSA) is 85.2 Å². The minimum atomic E-state index is -1.05. The van der Waals surface area contributed by atoms with Crippen LogP contribution < -0.4 is 4.74 Å². The smallest absolute Gasteiger partial charge is 0.336 e. The summed E-state index contributed by atoms with van der Waals surface area (Å²) >= 11 is 0. The van der Waals surface area contributed by atoms with Crippen molar-refractivity contribution in [2.45, 2.75) is 19.8 Å². The molecule has 0 radical (unpaired) electrons. The molecule has 0 aliphatic carbocycles. The highest BCUT2D eigenvalue weighted by atomic mass is 16.5. The largest absolute Gasteiger partial charge is 0.497 e. The molecule has 31 heavy (non-hydrogen) atoms. The number of ether oxygens (including phenoxy) is 2. The number of benzene rings is 2. The third kappa shape index (κ3) is 5.09. The van der Waals surface area contributed by atoms with E-state index in [1.165, 1.54) is 7.11 Å². The van der Waals surface area contributed by atoms with Crippen LogP contribution in [-0.4, -0.2) is 36.5 Å². The molecule has 2 atom stereocenters. The first kappa shape index (κ1) is 22.0. The predicted molar refractivity (Wildman–Crippen MR) is 119 cm³/mol. The molecule has 160 valence electrons. The molecule has 1 N–H and O–H groups in total. The normalized spacial score (nSPS) is 18.6. The van der Waals surface area contributed by atoms with Gasteiger partial charge in [-0.3, -0.25) is 9.79 Å². The second kappa shape index (κ2) is 9.89. The van der Waals surface area contributed by atoms with E-state index < -0.39 is 23.8 Å². The molecule has 0 amide bonds. The Morgan fingerprint density at radius 1 is 1.10 bits per heavy atom. The number of esters is 1. The predicted octanol–water partition coefficient (Wildman–Crippen LogP) is 4.48. The van der Waals surface area contributed by atoms with Crippen LogP contribution in [0.5, 0.6) is 5.75 Å². The van der Waals surface area contributed by atoms with Gasteiger partial charge in [0.05, 0.1) is 12.7 Å². The Hall–Kier alpha value is -3.67. The Morgan fingerprint density at radius 3 is 2.52 bits per heavy atom. The Bertz CT molecular complexity index is 1050. The zero-order valence-electron chi connectivity index (χ0n) is 17.7. The highest BCUT2D eigenvalue weighted by molar-refractivity contribution is 6.06. The van der Waals surface area contributed by atoms with E-state index in [1.807, 2.05) is 36.4 Å².